The molecule has 0 radical (unpaired) electrons. The Morgan fingerprint density at radius 2 is 1.96 bits per heavy atom. The van der Waals surface area contributed by atoms with E-state index >= 15 is 0 Å². The first-order chi connectivity index (χ1) is 13.6. The summed E-state index contributed by atoms with van der Waals surface area (Å²) in [6.07, 6.45) is 3.63. The highest BCUT2D eigenvalue weighted by Crippen LogP contribution is 2.34. The number of thioether (sulfide) groups is 1. The minimum Gasteiger partial charge on any atom is -0.283 e. The monoisotopic (exact) mass is 405 g/mol. The zero-order valence-electron chi connectivity index (χ0n) is 15.3. The number of aromatic nitrogens is 3. The van der Waals surface area contributed by atoms with Gasteiger partial charge in [0.2, 0.25) is 0 Å². The Balaban J connectivity index is 1.94. The summed E-state index contributed by atoms with van der Waals surface area (Å²) in [5.41, 5.74) is 4.69. The molecule has 28 heavy (non-hydrogen) atoms. The lowest BCUT2D eigenvalue weighted by atomic mass is 10.1. The smallest absolute Gasteiger partial charge is 0.180 e. The number of hydrogen-bond acceptors (Lipinski definition) is 4. The predicted molar refractivity (Wildman–Crippen MR) is 115 cm³/mol. The molecule has 4 aromatic rings. The number of aromatic amines is 1. The number of imidazole rings is 1. The molecule has 0 fully saturated rings. The Bertz CT molecular complexity index is 1230. The van der Waals surface area contributed by atoms with Crippen molar-refractivity contribution in [2.45, 2.75) is 11.9 Å². The van der Waals surface area contributed by atoms with E-state index < -0.39 is 0 Å². The van der Waals surface area contributed by atoms with Crippen LogP contribution >= 0.6 is 23.4 Å². The lowest BCUT2D eigenvalue weighted by molar-refractivity contribution is 0.909. The number of nitrogens with one attached hydrogen (secondary N) is 1. The van der Waals surface area contributed by atoms with Crippen molar-refractivity contribution in [3.63, 3.8) is 0 Å². The second kappa shape index (κ2) is 7.55. The summed E-state index contributed by atoms with van der Waals surface area (Å²) >= 11 is 7.73. The Morgan fingerprint density at radius 1 is 1.21 bits per heavy atom. The molecule has 5 nitrogen and oxygen atoms in total. The maximum atomic E-state index is 9.60. The van der Waals surface area contributed by atoms with E-state index in [1.165, 1.54) is 11.8 Å². The van der Waals surface area contributed by atoms with Crippen molar-refractivity contribution >= 4 is 41.0 Å². The molecule has 1 N–H and O–H groups in total. The average molecular weight is 406 g/mol. The second-order valence-corrected chi connectivity index (χ2v) is 7.44. The lowest BCUT2D eigenvalue weighted by Gasteiger charge is -2.02. The summed E-state index contributed by atoms with van der Waals surface area (Å²) in [6, 6.07) is 17.8. The van der Waals surface area contributed by atoms with Gasteiger partial charge in [-0.05, 0) is 19.2 Å². The average Bonchev–Trinajstić information content (AvgIpc) is 3.23. The molecular weight excluding hydrogens is 390 g/mol. The normalized spacial score (nSPS) is 11.4. The quantitative estimate of drug-likeness (QED) is 0.353. The molecule has 0 saturated heterocycles. The van der Waals surface area contributed by atoms with Crippen LogP contribution in [0.2, 0.25) is 5.02 Å². The van der Waals surface area contributed by atoms with Gasteiger partial charge in [-0.1, -0.05) is 59.6 Å². The van der Waals surface area contributed by atoms with Crippen molar-refractivity contribution in [1.29, 1.82) is 5.26 Å². The third kappa shape index (κ3) is 3.19. The summed E-state index contributed by atoms with van der Waals surface area (Å²) in [5.74, 6) is 0.621. The van der Waals surface area contributed by atoms with Gasteiger partial charge in [-0.3, -0.25) is 5.10 Å². The van der Waals surface area contributed by atoms with E-state index in [0.717, 1.165) is 21.7 Å². The summed E-state index contributed by atoms with van der Waals surface area (Å²) in [6.45, 7) is 2.04. The number of nitrogens with zero attached hydrogens (tertiary/aromatic N) is 4. The summed E-state index contributed by atoms with van der Waals surface area (Å²) in [7, 11) is 0. The molecule has 0 aliphatic rings. The van der Waals surface area contributed by atoms with Gasteiger partial charge in [0, 0.05) is 22.4 Å². The summed E-state index contributed by atoms with van der Waals surface area (Å²) in [4.78, 5) is 9.42. The molecule has 0 aliphatic carbocycles. The number of H-pyrrole nitrogens is 1. The van der Waals surface area contributed by atoms with E-state index in [1.54, 1.807) is 10.7 Å². The van der Waals surface area contributed by atoms with Gasteiger partial charge in [0.15, 0.2) is 11.5 Å². The van der Waals surface area contributed by atoms with Crippen LogP contribution < -0.4 is 0 Å². The van der Waals surface area contributed by atoms with Crippen LogP contribution in [-0.4, -0.2) is 27.1 Å². The van der Waals surface area contributed by atoms with Crippen LogP contribution in [0.4, 0.5) is 5.82 Å². The predicted octanol–water partition coefficient (Wildman–Crippen LogP) is 5.64. The molecule has 0 spiro atoms. The van der Waals surface area contributed by atoms with Crippen LogP contribution in [0, 0.1) is 18.3 Å². The van der Waals surface area contributed by atoms with E-state index in [1.807, 2.05) is 61.7 Å². The van der Waals surface area contributed by atoms with Crippen LogP contribution in [0.3, 0.4) is 0 Å². The molecule has 2 aromatic carbocycles. The molecule has 138 valence electrons. The first kappa shape index (κ1) is 18.4. The van der Waals surface area contributed by atoms with Crippen LogP contribution in [0.15, 0.2) is 58.5 Å². The molecule has 7 heteroatoms. The SMILES string of the molecule is CSc1[nH]n2c(N=Cc3ccccc3Cl)c(-c3ccc(C)cc3)nc2c1C#N. The third-order valence-corrected chi connectivity index (χ3v) is 5.44. The van der Waals surface area contributed by atoms with Crippen LogP contribution in [-0.2, 0) is 0 Å². The minimum absolute atomic E-state index is 0.514. The van der Waals surface area contributed by atoms with E-state index in [9.17, 15) is 5.26 Å². The van der Waals surface area contributed by atoms with Gasteiger partial charge in [0.1, 0.15) is 22.4 Å². The van der Waals surface area contributed by atoms with Gasteiger partial charge in [-0.25, -0.2) is 14.5 Å². The summed E-state index contributed by atoms with van der Waals surface area (Å²) < 4.78 is 1.76. The van der Waals surface area contributed by atoms with E-state index in [2.05, 4.69) is 16.2 Å². The number of rotatable bonds is 4. The number of fused-ring (bicyclic) bond motifs is 1. The number of halogens is 1. The highest BCUT2D eigenvalue weighted by molar-refractivity contribution is 7.98. The van der Waals surface area contributed by atoms with Crippen LogP contribution in [0.5, 0.6) is 0 Å². The number of hydrogen-bond donors (Lipinski definition) is 1. The zero-order valence-corrected chi connectivity index (χ0v) is 16.8. The number of aliphatic imine (C=N–C) groups is 1. The topological polar surface area (TPSA) is 69.2 Å². The van der Waals surface area contributed by atoms with Crippen molar-refractivity contribution in [1.82, 2.24) is 14.6 Å². The molecule has 0 unspecified atom stereocenters. The summed E-state index contributed by atoms with van der Waals surface area (Å²) in [5, 5.41) is 14.2. The first-order valence-electron chi connectivity index (χ1n) is 8.56. The van der Waals surface area contributed by atoms with Crippen molar-refractivity contribution in [3.05, 3.63) is 70.2 Å². The molecule has 0 bridgehead atoms. The molecule has 0 aliphatic heterocycles. The molecule has 2 heterocycles. The van der Waals surface area contributed by atoms with Crippen molar-refractivity contribution in [2.24, 2.45) is 4.99 Å². The Morgan fingerprint density at radius 3 is 2.64 bits per heavy atom. The second-order valence-electron chi connectivity index (χ2n) is 6.22. The highest BCUT2D eigenvalue weighted by atomic mass is 35.5. The van der Waals surface area contributed by atoms with E-state index in [0.29, 0.717) is 27.7 Å². The van der Waals surface area contributed by atoms with Crippen molar-refractivity contribution < 1.29 is 0 Å². The lowest BCUT2D eigenvalue weighted by Crippen LogP contribution is -1.87. The fraction of sp³-hybridized carbons (Fsp3) is 0.0952. The third-order valence-electron chi connectivity index (χ3n) is 4.39. The molecular formula is C21H16ClN5S. The Kier molecular flexibility index (Phi) is 4.95. The fourth-order valence-electron chi connectivity index (χ4n) is 2.93. The van der Waals surface area contributed by atoms with Crippen LogP contribution in [0.1, 0.15) is 16.7 Å². The standard InChI is InChI=1S/C21H16ClN5S/c1-13-7-9-14(10-8-13)18-20(24-12-15-5-3-4-6-17(15)22)27-19(25-18)16(11-23)21(26-27)28-2/h3-10,12,26H,1-2H3. The highest BCUT2D eigenvalue weighted by Gasteiger charge is 2.20. The number of benzene rings is 2. The minimum atomic E-state index is 0.514. The largest absolute Gasteiger partial charge is 0.283 e. The molecule has 0 atom stereocenters. The van der Waals surface area contributed by atoms with Gasteiger partial charge < -0.3 is 0 Å². The maximum Gasteiger partial charge on any atom is 0.180 e. The van der Waals surface area contributed by atoms with Gasteiger partial charge in [-0.15, -0.1) is 11.8 Å². The van der Waals surface area contributed by atoms with Gasteiger partial charge >= 0.3 is 0 Å². The van der Waals surface area contributed by atoms with Crippen molar-refractivity contribution in [2.75, 3.05) is 6.26 Å². The fourth-order valence-corrected chi connectivity index (χ4v) is 3.64. The number of nitriles is 1. The maximum absolute atomic E-state index is 9.60. The van der Waals surface area contributed by atoms with Gasteiger partial charge in [0.05, 0.1) is 0 Å². The molecule has 0 amide bonds. The van der Waals surface area contributed by atoms with Gasteiger partial charge in [0.25, 0.3) is 0 Å². The number of aryl methyl sites for hydroxylation is 1. The Labute approximate surface area is 171 Å². The zero-order chi connectivity index (χ0) is 19.7. The first-order valence-corrected chi connectivity index (χ1v) is 10.2. The molecule has 0 saturated carbocycles. The molecule has 4 rings (SSSR count). The van der Waals surface area contributed by atoms with Crippen molar-refractivity contribution in [3.8, 4) is 17.3 Å². The van der Waals surface area contributed by atoms with Crippen LogP contribution in [0.25, 0.3) is 16.9 Å². The molecule has 2 aromatic heterocycles. The van der Waals surface area contributed by atoms with E-state index in [4.69, 9.17) is 16.6 Å². The van der Waals surface area contributed by atoms with Gasteiger partial charge in [-0.2, -0.15) is 5.26 Å². The Hall–Kier alpha value is -3.01. The van der Waals surface area contributed by atoms with E-state index in [-0.39, 0.29) is 0 Å².